The second-order valence-corrected chi connectivity index (χ2v) is 7.37. The fourth-order valence-corrected chi connectivity index (χ4v) is 3.75. The van der Waals surface area contributed by atoms with Gasteiger partial charge in [0.05, 0.1) is 13.2 Å². The van der Waals surface area contributed by atoms with Crippen LogP contribution in [0.4, 0.5) is 0 Å². The number of ether oxygens (including phenoxy) is 2. The van der Waals surface area contributed by atoms with Crippen LogP contribution in [0, 0.1) is 6.92 Å². The molecule has 0 bridgehead atoms. The van der Waals surface area contributed by atoms with Gasteiger partial charge in [-0.15, -0.1) is 0 Å². The normalized spacial score (nSPS) is 15.9. The first-order valence-corrected chi connectivity index (χ1v) is 10.1. The van der Waals surface area contributed by atoms with Crippen molar-refractivity contribution in [2.45, 2.75) is 26.0 Å². The average molecular weight is 386 g/mol. The van der Waals surface area contributed by atoms with Crippen LogP contribution >= 0.6 is 0 Å². The molecule has 0 amide bonds. The van der Waals surface area contributed by atoms with E-state index < -0.39 is 0 Å². The first-order chi connectivity index (χ1) is 14.2. The lowest BCUT2D eigenvalue weighted by molar-refractivity contribution is 0.283. The van der Waals surface area contributed by atoms with Gasteiger partial charge in [-0.1, -0.05) is 66.7 Å². The Bertz CT molecular complexity index is 995. The van der Waals surface area contributed by atoms with Crippen LogP contribution in [-0.4, -0.2) is 13.7 Å². The van der Waals surface area contributed by atoms with Crippen molar-refractivity contribution in [3.8, 4) is 11.5 Å². The summed E-state index contributed by atoms with van der Waals surface area (Å²) in [6.45, 7) is 3.62. The minimum absolute atomic E-state index is 0.162. The Morgan fingerprint density at radius 3 is 2.59 bits per heavy atom. The molecule has 29 heavy (non-hydrogen) atoms. The van der Waals surface area contributed by atoms with Crippen LogP contribution < -0.4 is 14.8 Å². The third-order valence-corrected chi connectivity index (χ3v) is 5.41. The van der Waals surface area contributed by atoms with E-state index in [1.165, 1.54) is 22.3 Å². The van der Waals surface area contributed by atoms with Gasteiger partial charge in [0, 0.05) is 6.54 Å². The number of rotatable bonds is 6. The maximum absolute atomic E-state index is 6.10. The molecule has 3 heteroatoms. The molecular formula is C26H27NO2. The van der Waals surface area contributed by atoms with Gasteiger partial charge < -0.3 is 14.8 Å². The Labute approximate surface area is 173 Å². The van der Waals surface area contributed by atoms with E-state index in [2.05, 4.69) is 72.9 Å². The minimum atomic E-state index is 0.162. The Balaban J connectivity index is 1.58. The summed E-state index contributed by atoms with van der Waals surface area (Å²) in [5.74, 6) is 1.58. The van der Waals surface area contributed by atoms with Gasteiger partial charge in [0.1, 0.15) is 6.61 Å². The molecule has 0 saturated carbocycles. The predicted molar refractivity (Wildman–Crippen MR) is 118 cm³/mol. The molecular weight excluding hydrogens is 358 g/mol. The Hall–Kier alpha value is -3.04. The largest absolute Gasteiger partial charge is 0.493 e. The Morgan fingerprint density at radius 1 is 1.00 bits per heavy atom. The number of nitrogens with one attached hydrogen (secondary N) is 1. The van der Waals surface area contributed by atoms with Crippen molar-refractivity contribution >= 4 is 6.08 Å². The van der Waals surface area contributed by atoms with Gasteiger partial charge in [-0.2, -0.15) is 0 Å². The van der Waals surface area contributed by atoms with Crippen molar-refractivity contribution in [1.29, 1.82) is 0 Å². The van der Waals surface area contributed by atoms with Crippen LogP contribution in [-0.2, 0) is 13.0 Å². The van der Waals surface area contributed by atoms with Gasteiger partial charge in [-0.3, -0.25) is 0 Å². The lowest BCUT2D eigenvalue weighted by Gasteiger charge is -2.26. The van der Waals surface area contributed by atoms with E-state index in [0.29, 0.717) is 6.61 Å². The zero-order valence-electron chi connectivity index (χ0n) is 17.0. The van der Waals surface area contributed by atoms with Crippen molar-refractivity contribution in [2.75, 3.05) is 13.7 Å². The van der Waals surface area contributed by atoms with Crippen molar-refractivity contribution in [3.63, 3.8) is 0 Å². The summed E-state index contributed by atoms with van der Waals surface area (Å²) in [5, 5.41) is 3.61. The van der Waals surface area contributed by atoms with Crippen LogP contribution in [0.1, 0.15) is 33.9 Å². The van der Waals surface area contributed by atoms with E-state index in [0.717, 1.165) is 30.0 Å². The van der Waals surface area contributed by atoms with E-state index in [1.807, 2.05) is 18.2 Å². The molecule has 1 heterocycles. The molecule has 0 radical (unpaired) electrons. The van der Waals surface area contributed by atoms with Gasteiger partial charge in [-0.05, 0) is 53.3 Å². The van der Waals surface area contributed by atoms with Crippen molar-refractivity contribution < 1.29 is 9.47 Å². The van der Waals surface area contributed by atoms with Gasteiger partial charge in [0.15, 0.2) is 11.5 Å². The summed E-state index contributed by atoms with van der Waals surface area (Å²) < 4.78 is 11.8. The zero-order valence-corrected chi connectivity index (χ0v) is 17.0. The molecule has 3 aromatic carbocycles. The summed E-state index contributed by atoms with van der Waals surface area (Å²) in [6, 6.07) is 23.1. The second kappa shape index (κ2) is 8.97. The topological polar surface area (TPSA) is 30.5 Å². The summed E-state index contributed by atoms with van der Waals surface area (Å²) in [6.07, 6.45) is 5.42. The number of aryl methyl sites for hydroxylation is 1. The van der Waals surface area contributed by atoms with Gasteiger partial charge in [0.25, 0.3) is 0 Å². The second-order valence-electron chi connectivity index (χ2n) is 7.37. The number of benzene rings is 3. The van der Waals surface area contributed by atoms with E-state index >= 15 is 0 Å². The fourth-order valence-electron chi connectivity index (χ4n) is 3.75. The zero-order chi connectivity index (χ0) is 20.1. The lowest BCUT2D eigenvalue weighted by atomic mass is 9.92. The molecule has 1 unspecified atom stereocenters. The molecule has 1 atom stereocenters. The van der Waals surface area contributed by atoms with Crippen LogP contribution in [0.15, 0.2) is 72.8 Å². The van der Waals surface area contributed by atoms with Gasteiger partial charge in [0.2, 0.25) is 0 Å². The Morgan fingerprint density at radius 2 is 1.79 bits per heavy atom. The molecule has 1 aliphatic heterocycles. The number of fused-ring (bicyclic) bond motifs is 1. The standard InChI is InChI=1S/C26H27NO2/c1-19-8-6-7-11-21(19)12-13-24-23-17-25(28-2)26(16-22(23)14-15-27-24)29-18-20-9-4-3-5-10-20/h3-13,16-17,24,27H,14-15,18H2,1-2H3. The molecule has 1 N–H and O–H groups in total. The maximum atomic E-state index is 6.10. The predicted octanol–water partition coefficient (Wildman–Crippen LogP) is 5.48. The van der Waals surface area contributed by atoms with Crippen molar-refractivity contribution in [3.05, 3.63) is 101 Å². The average Bonchev–Trinajstić information content (AvgIpc) is 2.77. The SMILES string of the molecule is COc1cc2c(cc1OCc1ccccc1)CCNC2C=Cc1ccccc1C. The number of methoxy groups -OCH3 is 1. The van der Waals surface area contributed by atoms with Crippen LogP contribution in [0.3, 0.4) is 0 Å². The molecule has 0 spiro atoms. The molecule has 0 saturated heterocycles. The summed E-state index contributed by atoms with van der Waals surface area (Å²) in [7, 11) is 1.70. The first kappa shape index (κ1) is 19.3. The maximum Gasteiger partial charge on any atom is 0.161 e. The molecule has 148 valence electrons. The fraction of sp³-hybridized carbons (Fsp3) is 0.231. The smallest absolute Gasteiger partial charge is 0.161 e. The number of hydrogen-bond acceptors (Lipinski definition) is 3. The highest BCUT2D eigenvalue weighted by atomic mass is 16.5. The third kappa shape index (κ3) is 4.52. The monoisotopic (exact) mass is 385 g/mol. The highest BCUT2D eigenvalue weighted by Crippen LogP contribution is 2.36. The van der Waals surface area contributed by atoms with Crippen molar-refractivity contribution in [2.24, 2.45) is 0 Å². The Kier molecular flexibility index (Phi) is 5.97. The molecule has 3 nitrogen and oxygen atoms in total. The molecule has 0 fully saturated rings. The summed E-state index contributed by atoms with van der Waals surface area (Å²) in [5.41, 5.74) is 6.24. The van der Waals surface area contributed by atoms with E-state index in [4.69, 9.17) is 9.47 Å². The quantitative estimate of drug-likeness (QED) is 0.609. The third-order valence-electron chi connectivity index (χ3n) is 5.41. The van der Waals surface area contributed by atoms with E-state index in [-0.39, 0.29) is 6.04 Å². The molecule has 3 aromatic rings. The first-order valence-electron chi connectivity index (χ1n) is 10.1. The number of hydrogen-bond donors (Lipinski definition) is 1. The molecule has 0 aromatic heterocycles. The van der Waals surface area contributed by atoms with E-state index in [9.17, 15) is 0 Å². The van der Waals surface area contributed by atoms with Crippen LogP contribution in [0.2, 0.25) is 0 Å². The molecule has 1 aliphatic rings. The highest BCUT2D eigenvalue weighted by molar-refractivity contribution is 5.56. The van der Waals surface area contributed by atoms with Crippen LogP contribution in [0.5, 0.6) is 11.5 Å². The summed E-state index contributed by atoms with van der Waals surface area (Å²) in [4.78, 5) is 0. The van der Waals surface area contributed by atoms with Gasteiger partial charge in [-0.25, -0.2) is 0 Å². The van der Waals surface area contributed by atoms with Crippen molar-refractivity contribution in [1.82, 2.24) is 5.32 Å². The highest BCUT2D eigenvalue weighted by Gasteiger charge is 2.21. The molecule has 4 rings (SSSR count). The minimum Gasteiger partial charge on any atom is -0.493 e. The van der Waals surface area contributed by atoms with Gasteiger partial charge >= 0.3 is 0 Å². The summed E-state index contributed by atoms with van der Waals surface area (Å²) >= 11 is 0. The molecule has 0 aliphatic carbocycles. The van der Waals surface area contributed by atoms with Crippen LogP contribution in [0.25, 0.3) is 6.08 Å². The lowest BCUT2D eigenvalue weighted by Crippen LogP contribution is -2.28. The van der Waals surface area contributed by atoms with E-state index in [1.54, 1.807) is 7.11 Å².